The molecule has 5 nitrogen and oxygen atoms in total. The van der Waals surface area contributed by atoms with Gasteiger partial charge in [-0.05, 0) is 123 Å². The Morgan fingerprint density at radius 1 is 1.00 bits per heavy atom. The summed E-state index contributed by atoms with van der Waals surface area (Å²) in [4.78, 5) is 12.6. The van der Waals surface area contributed by atoms with Crippen molar-refractivity contribution in [1.82, 2.24) is 5.32 Å². The first-order valence-corrected chi connectivity index (χ1v) is 14.9. The standard InChI is InChI=1S/C30H51NO4/c1-19(4-9-28(34)31-18-20-11-14-35-15-12-20)24-7-8-25-23-6-5-21-16-22(32)10-13-29(21,2)26(23)17-27(33)30(24,25)3/h19-27,32-33H,4-18H2,1-3H3,(H,31,34). The van der Waals surface area contributed by atoms with Gasteiger partial charge in [-0.3, -0.25) is 4.79 Å². The monoisotopic (exact) mass is 489 g/mol. The van der Waals surface area contributed by atoms with Crippen LogP contribution in [0.15, 0.2) is 0 Å². The first kappa shape index (κ1) is 26.0. The third kappa shape index (κ3) is 4.72. The zero-order chi connectivity index (χ0) is 24.8. The number of hydrogen-bond acceptors (Lipinski definition) is 4. The summed E-state index contributed by atoms with van der Waals surface area (Å²) in [5, 5.41) is 25.2. The van der Waals surface area contributed by atoms with Crippen LogP contribution in [0.3, 0.4) is 0 Å². The van der Waals surface area contributed by atoms with Crippen molar-refractivity contribution in [2.24, 2.45) is 52.3 Å². The Kier molecular flexibility index (Phi) is 7.61. The van der Waals surface area contributed by atoms with E-state index in [2.05, 4.69) is 26.1 Å². The van der Waals surface area contributed by atoms with E-state index in [1.807, 2.05) is 0 Å². The Hall–Kier alpha value is -0.650. The second kappa shape index (κ2) is 10.3. The number of rotatable bonds is 6. The van der Waals surface area contributed by atoms with Gasteiger partial charge >= 0.3 is 0 Å². The summed E-state index contributed by atoms with van der Waals surface area (Å²) in [5.41, 5.74) is 0.271. The van der Waals surface area contributed by atoms with Crippen LogP contribution in [0.4, 0.5) is 0 Å². The van der Waals surface area contributed by atoms with Crippen molar-refractivity contribution in [1.29, 1.82) is 0 Å². The molecule has 5 heteroatoms. The van der Waals surface area contributed by atoms with Crippen molar-refractivity contribution in [2.45, 2.75) is 110 Å². The minimum Gasteiger partial charge on any atom is -0.393 e. The van der Waals surface area contributed by atoms with E-state index in [1.54, 1.807) is 0 Å². The molecule has 5 fully saturated rings. The number of hydrogen-bond donors (Lipinski definition) is 3. The molecule has 5 aliphatic rings. The molecule has 0 aromatic carbocycles. The molecule has 0 aromatic rings. The second-order valence-corrected chi connectivity index (χ2v) is 13.8. The van der Waals surface area contributed by atoms with Crippen molar-refractivity contribution in [3.63, 3.8) is 0 Å². The largest absolute Gasteiger partial charge is 0.393 e. The van der Waals surface area contributed by atoms with E-state index >= 15 is 0 Å². The summed E-state index contributed by atoms with van der Waals surface area (Å²) in [6.45, 7) is 9.67. The average Bonchev–Trinajstić information content (AvgIpc) is 3.22. The van der Waals surface area contributed by atoms with Gasteiger partial charge in [0.05, 0.1) is 12.2 Å². The van der Waals surface area contributed by atoms with Gasteiger partial charge in [-0.2, -0.15) is 0 Å². The van der Waals surface area contributed by atoms with Crippen LogP contribution >= 0.6 is 0 Å². The highest BCUT2D eigenvalue weighted by molar-refractivity contribution is 5.75. The highest BCUT2D eigenvalue weighted by Gasteiger charge is 2.63. The minimum atomic E-state index is -0.242. The van der Waals surface area contributed by atoms with Gasteiger partial charge in [-0.25, -0.2) is 0 Å². The number of carbonyl (C=O) groups excluding carboxylic acids is 1. The third-order valence-electron chi connectivity index (χ3n) is 12.3. The van der Waals surface area contributed by atoms with Crippen LogP contribution in [0, 0.1) is 52.3 Å². The molecular formula is C30H51NO4. The van der Waals surface area contributed by atoms with Crippen LogP contribution in [0.25, 0.3) is 0 Å². The summed E-state index contributed by atoms with van der Waals surface area (Å²) in [7, 11) is 0. The van der Waals surface area contributed by atoms with Crippen molar-refractivity contribution in [2.75, 3.05) is 19.8 Å². The maximum atomic E-state index is 12.6. The van der Waals surface area contributed by atoms with Gasteiger partial charge in [0.1, 0.15) is 0 Å². The molecule has 0 bridgehead atoms. The topological polar surface area (TPSA) is 78.8 Å². The summed E-state index contributed by atoms with van der Waals surface area (Å²) in [6.07, 6.45) is 12.2. The van der Waals surface area contributed by atoms with Gasteiger partial charge in [0.15, 0.2) is 0 Å². The SMILES string of the molecule is CC(CCC(=O)NCC1CCOCC1)C1CCC2C3CCC4CC(O)CCC4(C)C3CC(O)C12C. The predicted octanol–water partition coefficient (Wildman–Crippen LogP) is 4.94. The molecule has 4 saturated carbocycles. The van der Waals surface area contributed by atoms with Gasteiger partial charge in [0.2, 0.25) is 5.91 Å². The second-order valence-electron chi connectivity index (χ2n) is 13.8. The molecule has 0 aromatic heterocycles. The van der Waals surface area contributed by atoms with Crippen molar-refractivity contribution in [3.8, 4) is 0 Å². The Morgan fingerprint density at radius 3 is 2.54 bits per heavy atom. The molecule has 5 rings (SSSR count). The predicted molar refractivity (Wildman–Crippen MR) is 138 cm³/mol. The van der Waals surface area contributed by atoms with Crippen LogP contribution in [-0.4, -0.2) is 48.1 Å². The molecule has 10 atom stereocenters. The average molecular weight is 490 g/mol. The summed E-state index contributed by atoms with van der Waals surface area (Å²) >= 11 is 0. The van der Waals surface area contributed by atoms with Crippen LogP contribution in [-0.2, 0) is 9.53 Å². The van der Waals surface area contributed by atoms with Gasteiger partial charge in [0, 0.05) is 26.2 Å². The first-order valence-electron chi connectivity index (χ1n) is 14.9. The molecule has 10 unspecified atom stereocenters. The zero-order valence-electron chi connectivity index (χ0n) is 22.5. The highest BCUT2D eigenvalue weighted by Crippen LogP contribution is 2.68. The molecule has 0 radical (unpaired) electrons. The lowest BCUT2D eigenvalue weighted by Crippen LogP contribution is -2.58. The fourth-order valence-corrected chi connectivity index (χ4v) is 10.0. The maximum Gasteiger partial charge on any atom is 0.220 e. The number of aliphatic hydroxyl groups is 2. The zero-order valence-corrected chi connectivity index (χ0v) is 22.5. The fraction of sp³-hybridized carbons (Fsp3) is 0.967. The number of nitrogens with one attached hydrogen (secondary N) is 1. The summed E-state index contributed by atoms with van der Waals surface area (Å²) in [5.74, 6) is 4.28. The first-order chi connectivity index (χ1) is 16.7. The fourth-order valence-electron chi connectivity index (χ4n) is 10.0. The van der Waals surface area contributed by atoms with Crippen LogP contribution in [0.2, 0.25) is 0 Å². The van der Waals surface area contributed by atoms with Crippen LogP contribution in [0.1, 0.15) is 97.8 Å². The highest BCUT2D eigenvalue weighted by atomic mass is 16.5. The number of carbonyl (C=O) groups is 1. The molecule has 4 aliphatic carbocycles. The molecule has 0 spiro atoms. The molecule has 1 amide bonds. The van der Waals surface area contributed by atoms with E-state index in [0.717, 1.165) is 70.6 Å². The lowest BCUT2D eigenvalue weighted by Gasteiger charge is -2.62. The number of ether oxygens (including phenoxy) is 1. The molecular weight excluding hydrogens is 438 g/mol. The van der Waals surface area contributed by atoms with E-state index in [1.165, 1.54) is 25.7 Å². The smallest absolute Gasteiger partial charge is 0.220 e. The number of aliphatic hydroxyl groups excluding tert-OH is 2. The lowest BCUT2D eigenvalue weighted by molar-refractivity contribution is -0.174. The Labute approximate surface area is 213 Å². The molecule has 1 saturated heterocycles. The quantitative estimate of drug-likeness (QED) is 0.494. The van der Waals surface area contributed by atoms with Crippen LogP contribution < -0.4 is 5.32 Å². The summed E-state index contributed by atoms with van der Waals surface area (Å²) in [6, 6.07) is 0. The van der Waals surface area contributed by atoms with Gasteiger partial charge < -0.3 is 20.3 Å². The van der Waals surface area contributed by atoms with E-state index in [4.69, 9.17) is 4.74 Å². The Balaban J connectivity index is 1.19. The van der Waals surface area contributed by atoms with Crippen LogP contribution in [0.5, 0.6) is 0 Å². The van der Waals surface area contributed by atoms with Gasteiger partial charge in [-0.15, -0.1) is 0 Å². The maximum absolute atomic E-state index is 12.6. The van der Waals surface area contributed by atoms with Crippen molar-refractivity contribution >= 4 is 5.91 Å². The molecule has 1 heterocycles. The molecule has 3 N–H and O–H groups in total. The molecule has 200 valence electrons. The lowest BCUT2D eigenvalue weighted by atomic mass is 9.43. The molecule has 35 heavy (non-hydrogen) atoms. The summed E-state index contributed by atoms with van der Waals surface area (Å²) < 4.78 is 5.43. The normalized spacial score (nSPS) is 46.8. The van der Waals surface area contributed by atoms with Gasteiger partial charge in [-0.1, -0.05) is 20.8 Å². The number of amides is 1. The van der Waals surface area contributed by atoms with E-state index in [0.29, 0.717) is 41.9 Å². The van der Waals surface area contributed by atoms with Crippen molar-refractivity contribution < 1.29 is 19.7 Å². The molecule has 1 aliphatic heterocycles. The third-order valence-corrected chi connectivity index (χ3v) is 12.3. The van der Waals surface area contributed by atoms with Crippen molar-refractivity contribution in [3.05, 3.63) is 0 Å². The number of fused-ring (bicyclic) bond motifs is 5. The van der Waals surface area contributed by atoms with Gasteiger partial charge in [0.25, 0.3) is 0 Å². The van der Waals surface area contributed by atoms with E-state index in [9.17, 15) is 15.0 Å². The minimum absolute atomic E-state index is 0.0173. The Morgan fingerprint density at radius 2 is 1.77 bits per heavy atom. The van der Waals surface area contributed by atoms with E-state index in [-0.39, 0.29) is 28.9 Å². The Bertz CT molecular complexity index is 753. The van der Waals surface area contributed by atoms with E-state index < -0.39 is 0 Å².